The predicted molar refractivity (Wildman–Crippen MR) is 85.3 cm³/mol. The molecular formula is C17H23N3O2. The van der Waals surface area contributed by atoms with E-state index in [0.717, 1.165) is 16.8 Å². The lowest BCUT2D eigenvalue weighted by atomic mass is 10.0. The maximum atomic E-state index is 12.2. The molecule has 1 amide bonds. The summed E-state index contributed by atoms with van der Waals surface area (Å²) in [4.78, 5) is 12.2. The first-order valence-electron chi connectivity index (χ1n) is 7.54. The molecule has 1 aromatic heterocycles. The molecule has 1 atom stereocenters. The number of aryl methyl sites for hydroxylation is 3. The first kappa shape index (κ1) is 16.2. The maximum Gasteiger partial charge on any atom is 0.220 e. The van der Waals surface area contributed by atoms with Gasteiger partial charge in [-0.2, -0.15) is 5.10 Å². The van der Waals surface area contributed by atoms with E-state index in [0.29, 0.717) is 19.3 Å². The van der Waals surface area contributed by atoms with E-state index in [-0.39, 0.29) is 18.6 Å². The Morgan fingerprint density at radius 3 is 2.68 bits per heavy atom. The zero-order valence-electron chi connectivity index (χ0n) is 13.1. The van der Waals surface area contributed by atoms with Crippen molar-refractivity contribution in [3.8, 4) is 0 Å². The Bertz CT molecular complexity index is 608. The van der Waals surface area contributed by atoms with Crippen molar-refractivity contribution >= 4 is 5.91 Å². The molecular weight excluding hydrogens is 278 g/mol. The van der Waals surface area contributed by atoms with Gasteiger partial charge in [0.1, 0.15) is 0 Å². The van der Waals surface area contributed by atoms with Crippen LogP contribution in [0.4, 0.5) is 0 Å². The van der Waals surface area contributed by atoms with Crippen LogP contribution in [0, 0.1) is 6.92 Å². The highest BCUT2D eigenvalue weighted by atomic mass is 16.3. The van der Waals surface area contributed by atoms with Gasteiger partial charge in [0.15, 0.2) is 0 Å². The molecule has 0 radical (unpaired) electrons. The molecule has 2 rings (SSSR count). The zero-order valence-corrected chi connectivity index (χ0v) is 13.1. The second kappa shape index (κ2) is 7.75. The average Bonchev–Trinajstić information content (AvgIpc) is 2.83. The molecule has 0 saturated heterocycles. The van der Waals surface area contributed by atoms with Gasteiger partial charge in [0.25, 0.3) is 0 Å². The molecule has 5 nitrogen and oxygen atoms in total. The second-order valence-corrected chi connectivity index (χ2v) is 5.46. The lowest BCUT2D eigenvalue weighted by molar-refractivity contribution is -0.121. The zero-order chi connectivity index (χ0) is 15.9. The number of nitrogens with one attached hydrogen (secondary N) is 1. The molecule has 0 aliphatic rings. The number of aromatic nitrogens is 2. The van der Waals surface area contributed by atoms with Gasteiger partial charge in [0, 0.05) is 26.3 Å². The monoisotopic (exact) mass is 301 g/mol. The number of hydrogen-bond donors (Lipinski definition) is 2. The van der Waals surface area contributed by atoms with Crippen LogP contribution in [0.2, 0.25) is 0 Å². The van der Waals surface area contributed by atoms with Crippen LogP contribution in [-0.2, 0) is 18.3 Å². The van der Waals surface area contributed by atoms with Crippen LogP contribution in [0.25, 0.3) is 0 Å². The van der Waals surface area contributed by atoms with Crippen molar-refractivity contribution in [2.45, 2.75) is 32.2 Å². The SMILES string of the molecule is Cc1nn(C)cc1CCC(=O)NC(CCO)c1ccccc1. The van der Waals surface area contributed by atoms with Crippen molar-refractivity contribution in [2.24, 2.45) is 7.05 Å². The minimum absolute atomic E-state index is 0.00874. The third-order valence-electron chi connectivity index (χ3n) is 3.69. The summed E-state index contributed by atoms with van der Waals surface area (Å²) in [6.45, 7) is 1.99. The van der Waals surface area contributed by atoms with Gasteiger partial charge in [0.05, 0.1) is 11.7 Å². The minimum Gasteiger partial charge on any atom is -0.396 e. The van der Waals surface area contributed by atoms with Crippen LogP contribution in [0.3, 0.4) is 0 Å². The van der Waals surface area contributed by atoms with Gasteiger partial charge >= 0.3 is 0 Å². The summed E-state index contributed by atoms with van der Waals surface area (Å²) < 4.78 is 1.76. The first-order chi connectivity index (χ1) is 10.6. The Morgan fingerprint density at radius 1 is 1.36 bits per heavy atom. The Labute approximate surface area is 131 Å². The van der Waals surface area contributed by atoms with Gasteiger partial charge < -0.3 is 10.4 Å². The molecule has 118 valence electrons. The molecule has 1 heterocycles. The molecule has 5 heteroatoms. The van der Waals surface area contributed by atoms with Crippen molar-refractivity contribution < 1.29 is 9.90 Å². The van der Waals surface area contributed by atoms with Crippen molar-refractivity contribution in [1.82, 2.24) is 15.1 Å². The Balaban J connectivity index is 1.92. The summed E-state index contributed by atoms with van der Waals surface area (Å²) in [7, 11) is 1.88. The van der Waals surface area contributed by atoms with Crippen molar-refractivity contribution in [3.05, 3.63) is 53.3 Å². The molecule has 1 unspecified atom stereocenters. The van der Waals surface area contributed by atoms with E-state index in [1.54, 1.807) is 4.68 Å². The van der Waals surface area contributed by atoms with Gasteiger partial charge in [-0.25, -0.2) is 0 Å². The molecule has 0 bridgehead atoms. The third-order valence-corrected chi connectivity index (χ3v) is 3.69. The fourth-order valence-corrected chi connectivity index (χ4v) is 2.55. The Morgan fingerprint density at radius 2 is 2.09 bits per heavy atom. The number of carbonyl (C=O) groups is 1. The fourth-order valence-electron chi connectivity index (χ4n) is 2.55. The molecule has 22 heavy (non-hydrogen) atoms. The van der Waals surface area contributed by atoms with E-state index in [1.165, 1.54) is 0 Å². The quantitative estimate of drug-likeness (QED) is 0.821. The Kier molecular flexibility index (Phi) is 5.72. The average molecular weight is 301 g/mol. The smallest absolute Gasteiger partial charge is 0.220 e. The molecule has 0 aliphatic heterocycles. The largest absolute Gasteiger partial charge is 0.396 e. The van der Waals surface area contributed by atoms with Gasteiger partial charge in [-0.3, -0.25) is 9.48 Å². The van der Waals surface area contributed by atoms with E-state index in [2.05, 4.69) is 10.4 Å². The first-order valence-corrected chi connectivity index (χ1v) is 7.54. The summed E-state index contributed by atoms with van der Waals surface area (Å²) in [5, 5.41) is 16.5. The van der Waals surface area contributed by atoms with Crippen LogP contribution in [0.5, 0.6) is 0 Å². The van der Waals surface area contributed by atoms with E-state index < -0.39 is 0 Å². The predicted octanol–water partition coefficient (Wildman–Crippen LogP) is 1.90. The summed E-state index contributed by atoms with van der Waals surface area (Å²) in [6, 6.07) is 9.59. The number of aliphatic hydroxyl groups excluding tert-OH is 1. The standard InChI is InChI=1S/C17H23N3O2/c1-13-15(12-20(2)19-13)8-9-17(22)18-16(10-11-21)14-6-4-3-5-7-14/h3-7,12,16,21H,8-11H2,1-2H3,(H,18,22). The third kappa shape index (κ3) is 4.43. The number of rotatable bonds is 7. The Hall–Kier alpha value is -2.14. The van der Waals surface area contributed by atoms with E-state index in [9.17, 15) is 9.90 Å². The van der Waals surface area contributed by atoms with Crippen molar-refractivity contribution in [2.75, 3.05) is 6.61 Å². The van der Waals surface area contributed by atoms with Gasteiger partial charge in [0.2, 0.25) is 5.91 Å². The normalized spacial score (nSPS) is 12.1. The number of benzene rings is 1. The fraction of sp³-hybridized carbons (Fsp3) is 0.412. The lowest BCUT2D eigenvalue weighted by Gasteiger charge is -2.18. The molecule has 2 N–H and O–H groups in total. The molecule has 0 saturated carbocycles. The van der Waals surface area contributed by atoms with E-state index in [4.69, 9.17) is 0 Å². The van der Waals surface area contributed by atoms with Crippen LogP contribution < -0.4 is 5.32 Å². The summed E-state index contributed by atoms with van der Waals surface area (Å²) in [6.07, 6.45) is 3.56. The van der Waals surface area contributed by atoms with E-state index >= 15 is 0 Å². The highest BCUT2D eigenvalue weighted by molar-refractivity contribution is 5.76. The summed E-state index contributed by atoms with van der Waals surface area (Å²) >= 11 is 0. The second-order valence-electron chi connectivity index (χ2n) is 5.46. The number of aliphatic hydroxyl groups is 1. The summed E-state index contributed by atoms with van der Waals surface area (Å²) in [5.74, 6) is -0.00874. The molecule has 0 fully saturated rings. The minimum atomic E-state index is -0.145. The van der Waals surface area contributed by atoms with Crippen LogP contribution in [-0.4, -0.2) is 27.4 Å². The maximum absolute atomic E-state index is 12.2. The van der Waals surface area contributed by atoms with Gasteiger partial charge in [-0.05, 0) is 30.9 Å². The summed E-state index contributed by atoms with van der Waals surface area (Å²) in [5.41, 5.74) is 3.07. The number of carbonyl (C=O) groups excluding carboxylic acids is 1. The number of hydrogen-bond acceptors (Lipinski definition) is 3. The van der Waals surface area contributed by atoms with E-state index in [1.807, 2.05) is 50.5 Å². The van der Waals surface area contributed by atoms with Crippen LogP contribution in [0.1, 0.15) is 35.7 Å². The van der Waals surface area contributed by atoms with Crippen molar-refractivity contribution in [1.29, 1.82) is 0 Å². The van der Waals surface area contributed by atoms with Crippen LogP contribution in [0.15, 0.2) is 36.5 Å². The number of amides is 1. The molecule has 0 spiro atoms. The number of nitrogens with zero attached hydrogens (tertiary/aromatic N) is 2. The topological polar surface area (TPSA) is 67.2 Å². The van der Waals surface area contributed by atoms with Gasteiger partial charge in [-0.1, -0.05) is 30.3 Å². The molecule has 1 aromatic carbocycles. The lowest BCUT2D eigenvalue weighted by Crippen LogP contribution is -2.29. The van der Waals surface area contributed by atoms with Crippen molar-refractivity contribution in [3.63, 3.8) is 0 Å². The van der Waals surface area contributed by atoms with Gasteiger partial charge in [-0.15, -0.1) is 0 Å². The highest BCUT2D eigenvalue weighted by Gasteiger charge is 2.14. The highest BCUT2D eigenvalue weighted by Crippen LogP contribution is 2.16. The molecule has 0 aliphatic carbocycles. The molecule has 2 aromatic rings. The van der Waals surface area contributed by atoms with Crippen LogP contribution >= 0.6 is 0 Å².